The number of nitrogens with one attached hydrogen (secondary N) is 1. The van der Waals surface area contributed by atoms with Gasteiger partial charge >= 0.3 is 5.97 Å². The molecule has 0 bridgehead atoms. The van der Waals surface area contributed by atoms with Crippen LogP contribution in [0.15, 0.2) is 66.7 Å². The highest BCUT2D eigenvalue weighted by atomic mass is 16.6. The van der Waals surface area contributed by atoms with Crippen LogP contribution < -0.4 is 5.32 Å². The summed E-state index contributed by atoms with van der Waals surface area (Å²) in [6, 6.07) is 19.7. The fraction of sp³-hybridized carbons (Fsp3) is 0.160. The van der Waals surface area contributed by atoms with Crippen molar-refractivity contribution in [2.45, 2.75) is 25.8 Å². The second kappa shape index (κ2) is 10.2. The molecule has 3 rings (SSSR count). The molecule has 0 aromatic heterocycles. The van der Waals surface area contributed by atoms with Crippen molar-refractivity contribution in [2.75, 3.05) is 5.32 Å². The molecule has 2 N–H and O–H groups in total. The van der Waals surface area contributed by atoms with Gasteiger partial charge in [-0.1, -0.05) is 42.5 Å². The molecule has 0 saturated heterocycles. The lowest BCUT2D eigenvalue weighted by molar-refractivity contribution is -0.524. The molecule has 3 aromatic carbocycles. The summed E-state index contributed by atoms with van der Waals surface area (Å²) in [7, 11) is 0. The van der Waals surface area contributed by atoms with E-state index < -0.39 is 16.9 Å². The molecule has 0 aliphatic carbocycles. The summed E-state index contributed by atoms with van der Waals surface area (Å²) in [5.74, 6) is -1.57. The minimum atomic E-state index is -1.19. The molecule has 0 spiro atoms. The van der Waals surface area contributed by atoms with Crippen LogP contribution in [0.5, 0.6) is 0 Å². The van der Waals surface area contributed by atoms with E-state index in [1.54, 1.807) is 12.1 Å². The van der Waals surface area contributed by atoms with E-state index in [0.717, 1.165) is 16.7 Å². The molecule has 166 valence electrons. The van der Waals surface area contributed by atoms with Crippen molar-refractivity contribution in [1.29, 1.82) is 5.26 Å². The molecule has 0 radical (unpaired) electrons. The highest BCUT2D eigenvalue weighted by molar-refractivity contribution is 5.95. The third-order valence-electron chi connectivity index (χ3n) is 5.29. The molecule has 1 unspecified atom stereocenters. The molecule has 0 aliphatic rings. The van der Waals surface area contributed by atoms with Crippen LogP contribution in [0.1, 0.15) is 46.4 Å². The molecular weight excluding hydrogens is 422 g/mol. The molecule has 8 nitrogen and oxygen atoms in total. The summed E-state index contributed by atoms with van der Waals surface area (Å²) >= 11 is 0. The van der Waals surface area contributed by atoms with Crippen LogP contribution in [0.25, 0.3) is 11.1 Å². The number of hydrogen-bond donors (Lipinski definition) is 2. The lowest BCUT2D eigenvalue weighted by Gasteiger charge is -2.13. The predicted molar refractivity (Wildman–Crippen MR) is 122 cm³/mol. The second-order valence-electron chi connectivity index (χ2n) is 7.47. The van der Waals surface area contributed by atoms with Gasteiger partial charge in [0.2, 0.25) is 11.9 Å². The fourth-order valence-corrected chi connectivity index (χ4v) is 3.43. The number of nitrogens with zero attached hydrogens (tertiary/aromatic N) is 2. The summed E-state index contributed by atoms with van der Waals surface area (Å²) in [6.45, 7) is 1.37. The standard InChI is InChI=1S/C25H21N3O5/c1-16(28(32)33)21-12-11-19(25(30)31)14-23(21)27-24(29)13-8-17-6-9-18(10-7-17)22-5-3-2-4-20(22)15-26/h2-7,9-12,14,16H,8,13H2,1H3,(H,27,29)(H,30,31). The van der Waals surface area contributed by atoms with Gasteiger partial charge in [-0.3, -0.25) is 14.9 Å². The van der Waals surface area contributed by atoms with Crippen molar-refractivity contribution in [2.24, 2.45) is 0 Å². The number of benzene rings is 3. The zero-order chi connectivity index (χ0) is 24.0. The Morgan fingerprint density at radius 1 is 1.12 bits per heavy atom. The number of hydrogen-bond acceptors (Lipinski definition) is 5. The Morgan fingerprint density at radius 3 is 2.45 bits per heavy atom. The van der Waals surface area contributed by atoms with Crippen molar-refractivity contribution in [1.82, 2.24) is 0 Å². The van der Waals surface area contributed by atoms with E-state index in [1.165, 1.54) is 25.1 Å². The van der Waals surface area contributed by atoms with Crippen LogP contribution in [0.4, 0.5) is 5.69 Å². The Labute approximate surface area is 190 Å². The molecule has 1 atom stereocenters. The molecular formula is C25H21N3O5. The second-order valence-corrected chi connectivity index (χ2v) is 7.47. The van der Waals surface area contributed by atoms with Gasteiger partial charge in [0, 0.05) is 23.8 Å². The summed E-state index contributed by atoms with van der Waals surface area (Å²) < 4.78 is 0. The van der Waals surface area contributed by atoms with E-state index in [-0.39, 0.29) is 29.1 Å². The third kappa shape index (κ3) is 5.60. The molecule has 3 aromatic rings. The molecule has 0 aliphatic heterocycles. The number of carboxylic acid groups (broad SMARTS) is 1. The van der Waals surface area contributed by atoms with Crippen molar-refractivity contribution in [3.63, 3.8) is 0 Å². The number of carboxylic acids is 1. The van der Waals surface area contributed by atoms with E-state index in [0.29, 0.717) is 12.0 Å². The lowest BCUT2D eigenvalue weighted by atomic mass is 9.98. The largest absolute Gasteiger partial charge is 0.478 e. The van der Waals surface area contributed by atoms with Crippen molar-refractivity contribution >= 4 is 17.6 Å². The van der Waals surface area contributed by atoms with Crippen molar-refractivity contribution < 1.29 is 19.6 Å². The Balaban J connectivity index is 1.70. The summed E-state index contributed by atoms with van der Waals surface area (Å²) in [6.07, 6.45) is 0.530. The van der Waals surface area contributed by atoms with Crippen molar-refractivity contribution in [3.8, 4) is 17.2 Å². The van der Waals surface area contributed by atoms with Gasteiger partial charge in [-0.25, -0.2) is 4.79 Å². The minimum Gasteiger partial charge on any atom is -0.478 e. The first kappa shape index (κ1) is 23.2. The minimum absolute atomic E-state index is 0.0714. The average Bonchev–Trinajstić information content (AvgIpc) is 2.82. The van der Waals surface area contributed by atoms with Gasteiger partial charge in [0.1, 0.15) is 0 Å². The number of aryl methyl sites for hydroxylation is 1. The number of carbonyl (C=O) groups is 2. The Morgan fingerprint density at radius 2 is 1.82 bits per heavy atom. The van der Waals surface area contributed by atoms with Crippen LogP contribution in [-0.2, 0) is 11.2 Å². The smallest absolute Gasteiger partial charge is 0.335 e. The fourth-order valence-electron chi connectivity index (χ4n) is 3.43. The first-order valence-electron chi connectivity index (χ1n) is 10.2. The van der Waals surface area contributed by atoms with E-state index in [4.69, 9.17) is 0 Å². The highest BCUT2D eigenvalue weighted by Crippen LogP contribution is 2.27. The summed E-state index contributed by atoms with van der Waals surface area (Å²) in [5.41, 5.74) is 3.48. The number of nitro groups is 1. The van der Waals surface area contributed by atoms with E-state index >= 15 is 0 Å². The van der Waals surface area contributed by atoms with Crippen LogP contribution in [-0.4, -0.2) is 21.9 Å². The topological polar surface area (TPSA) is 133 Å². The molecule has 0 saturated carbocycles. The summed E-state index contributed by atoms with van der Waals surface area (Å²) in [4.78, 5) is 34.5. The molecule has 0 heterocycles. The Bertz CT molecular complexity index is 1250. The van der Waals surface area contributed by atoms with Crippen LogP contribution in [0, 0.1) is 21.4 Å². The molecule has 1 amide bonds. The maximum absolute atomic E-state index is 12.5. The number of nitriles is 1. The number of anilines is 1. The van der Waals surface area contributed by atoms with Crippen LogP contribution in [0.3, 0.4) is 0 Å². The normalized spacial score (nSPS) is 11.3. The highest BCUT2D eigenvalue weighted by Gasteiger charge is 2.22. The quantitative estimate of drug-likeness (QED) is 0.378. The number of rotatable bonds is 8. The molecule has 33 heavy (non-hydrogen) atoms. The SMILES string of the molecule is CC(c1ccc(C(=O)O)cc1NC(=O)CCc1ccc(-c2ccccc2C#N)cc1)[N+](=O)[O-]. The molecule has 8 heteroatoms. The average molecular weight is 443 g/mol. The van der Waals surface area contributed by atoms with Crippen LogP contribution in [0.2, 0.25) is 0 Å². The first-order chi connectivity index (χ1) is 15.8. The zero-order valence-corrected chi connectivity index (χ0v) is 17.8. The van der Waals surface area contributed by atoms with Gasteiger partial charge in [-0.05, 0) is 47.4 Å². The number of amides is 1. The lowest BCUT2D eigenvalue weighted by Crippen LogP contribution is -2.17. The zero-order valence-electron chi connectivity index (χ0n) is 17.8. The van der Waals surface area contributed by atoms with Gasteiger partial charge < -0.3 is 10.4 Å². The van der Waals surface area contributed by atoms with Crippen LogP contribution >= 0.6 is 0 Å². The van der Waals surface area contributed by atoms with Gasteiger partial charge in [-0.2, -0.15) is 5.26 Å². The van der Waals surface area contributed by atoms with Gasteiger partial charge in [0.15, 0.2) is 0 Å². The van der Waals surface area contributed by atoms with E-state index in [1.807, 2.05) is 36.4 Å². The van der Waals surface area contributed by atoms with E-state index in [9.17, 15) is 30.1 Å². The number of carbonyl (C=O) groups excluding carboxylic acids is 1. The third-order valence-corrected chi connectivity index (χ3v) is 5.29. The van der Waals surface area contributed by atoms with Gasteiger partial charge in [-0.15, -0.1) is 0 Å². The molecule has 0 fully saturated rings. The van der Waals surface area contributed by atoms with Gasteiger partial charge in [0.05, 0.1) is 22.9 Å². The maximum atomic E-state index is 12.5. The first-order valence-corrected chi connectivity index (χ1v) is 10.2. The maximum Gasteiger partial charge on any atom is 0.335 e. The monoisotopic (exact) mass is 443 g/mol. The van der Waals surface area contributed by atoms with E-state index in [2.05, 4.69) is 11.4 Å². The Hall–Kier alpha value is -4.51. The van der Waals surface area contributed by atoms with Gasteiger partial charge in [0.25, 0.3) is 0 Å². The summed E-state index contributed by atoms with van der Waals surface area (Å²) in [5, 5.41) is 32.3. The predicted octanol–water partition coefficient (Wildman–Crippen LogP) is 4.83. The Kier molecular flexibility index (Phi) is 7.16. The van der Waals surface area contributed by atoms with Crippen molar-refractivity contribution in [3.05, 3.63) is 99.1 Å². The number of aromatic carboxylic acids is 1.